The summed E-state index contributed by atoms with van der Waals surface area (Å²) in [5.41, 5.74) is 2.10. The molecule has 1 N–H and O–H groups in total. The van der Waals surface area contributed by atoms with Crippen LogP contribution >= 0.6 is 23.4 Å². The fraction of sp³-hybridized carbons (Fsp3) is 0.200. The molecule has 2 heterocycles. The summed E-state index contributed by atoms with van der Waals surface area (Å²) in [6, 6.07) is 14.1. The third-order valence-corrected chi connectivity index (χ3v) is 5.82. The lowest BCUT2D eigenvalue weighted by Gasteiger charge is -2.26. The summed E-state index contributed by atoms with van der Waals surface area (Å²) in [5.74, 6) is 0.219. The van der Waals surface area contributed by atoms with E-state index in [9.17, 15) is 9.59 Å². The van der Waals surface area contributed by atoms with Gasteiger partial charge in [0.15, 0.2) is 5.17 Å². The second-order valence-corrected chi connectivity index (χ2v) is 8.16. The number of carbonyl (C=O) groups excluding carboxylic acids is 2. The molecule has 2 atom stereocenters. The first-order chi connectivity index (χ1) is 13.5. The highest BCUT2D eigenvalue weighted by atomic mass is 35.5. The zero-order valence-electron chi connectivity index (χ0n) is 15.2. The average Bonchev–Trinajstić information content (AvgIpc) is 2.99. The number of hydrogen-bond acceptors (Lipinski definition) is 5. The molecule has 0 aliphatic carbocycles. The molecule has 2 aliphatic heterocycles. The molecule has 0 saturated carbocycles. The Bertz CT molecular complexity index is 1040. The van der Waals surface area contributed by atoms with Gasteiger partial charge >= 0.3 is 0 Å². The Morgan fingerprint density at radius 1 is 1.21 bits per heavy atom. The van der Waals surface area contributed by atoms with E-state index in [1.807, 2.05) is 24.3 Å². The summed E-state index contributed by atoms with van der Waals surface area (Å²) in [6.07, 6.45) is 0. The molecule has 2 aromatic rings. The van der Waals surface area contributed by atoms with Crippen LogP contribution in [-0.2, 0) is 9.59 Å². The molecule has 2 aromatic carbocycles. The van der Waals surface area contributed by atoms with Crippen molar-refractivity contribution in [2.45, 2.75) is 25.1 Å². The van der Waals surface area contributed by atoms with Crippen LogP contribution < -0.4 is 5.32 Å². The van der Waals surface area contributed by atoms with Gasteiger partial charge in [-0.1, -0.05) is 47.6 Å². The number of carbonyl (C=O) groups is 2. The molecule has 0 aromatic heterocycles. The maximum atomic E-state index is 12.6. The van der Waals surface area contributed by atoms with Crippen molar-refractivity contribution in [1.29, 1.82) is 0 Å². The van der Waals surface area contributed by atoms with Gasteiger partial charge in [0.2, 0.25) is 5.91 Å². The first kappa shape index (κ1) is 18.7. The summed E-state index contributed by atoms with van der Waals surface area (Å²) in [7, 11) is 0. The summed E-state index contributed by atoms with van der Waals surface area (Å²) in [6.45, 7) is 3.52. The highest BCUT2D eigenvalue weighted by molar-refractivity contribution is 8.15. The number of fused-ring (bicyclic) bond motifs is 3. The quantitative estimate of drug-likeness (QED) is 0.825. The van der Waals surface area contributed by atoms with Gasteiger partial charge in [0.05, 0.1) is 21.6 Å². The standard InChI is InChI=1S/C20H17ClN4O2S/c1-11-19(27)25-17(22-11)13-7-3-5-9-15(13)24-20(25)28-12(2)18(26)23-16-10-6-4-8-14(16)21/h3-12H,1-2H3,(H,23,26)/t11-,12-/m0/s1. The molecule has 28 heavy (non-hydrogen) atoms. The molecule has 6 nitrogen and oxygen atoms in total. The molecular weight excluding hydrogens is 396 g/mol. The normalized spacial score (nSPS) is 18.8. The Balaban J connectivity index is 1.59. The SMILES string of the molecule is C[C@@H]1N=C2c3ccccc3N=C(S[C@@H](C)C(=O)Nc3ccccc3Cl)N2C1=O. The van der Waals surface area contributed by atoms with Gasteiger partial charge in [-0.3, -0.25) is 14.6 Å². The number of benzene rings is 2. The number of hydrogen-bond donors (Lipinski definition) is 1. The molecule has 0 bridgehead atoms. The first-order valence-electron chi connectivity index (χ1n) is 8.77. The van der Waals surface area contributed by atoms with Gasteiger partial charge in [0, 0.05) is 5.56 Å². The van der Waals surface area contributed by atoms with Gasteiger partial charge < -0.3 is 5.32 Å². The predicted molar refractivity (Wildman–Crippen MR) is 114 cm³/mol. The number of nitrogens with one attached hydrogen (secondary N) is 1. The van der Waals surface area contributed by atoms with Crippen LogP contribution in [0.1, 0.15) is 19.4 Å². The fourth-order valence-electron chi connectivity index (χ4n) is 2.96. The van der Waals surface area contributed by atoms with Crippen molar-refractivity contribution in [3.8, 4) is 0 Å². The third-order valence-electron chi connectivity index (χ3n) is 4.44. The third kappa shape index (κ3) is 3.31. The molecule has 2 aliphatic rings. The molecular formula is C20H17ClN4O2S. The van der Waals surface area contributed by atoms with Gasteiger partial charge in [0.25, 0.3) is 5.91 Å². The lowest BCUT2D eigenvalue weighted by Crippen LogP contribution is -2.41. The highest BCUT2D eigenvalue weighted by Crippen LogP contribution is 2.34. The number of rotatable bonds is 3. The van der Waals surface area contributed by atoms with E-state index in [1.54, 1.807) is 38.1 Å². The largest absolute Gasteiger partial charge is 0.324 e. The van der Waals surface area contributed by atoms with Crippen LogP contribution in [0.5, 0.6) is 0 Å². The molecule has 142 valence electrons. The van der Waals surface area contributed by atoms with E-state index >= 15 is 0 Å². The number of aliphatic imine (C=N–C) groups is 2. The van der Waals surface area contributed by atoms with Gasteiger partial charge in [-0.05, 0) is 38.1 Å². The molecule has 0 unspecified atom stereocenters. The number of anilines is 1. The maximum absolute atomic E-state index is 12.6. The number of halogens is 1. The molecule has 8 heteroatoms. The Labute approximate surface area is 171 Å². The van der Waals surface area contributed by atoms with Gasteiger partial charge in [-0.15, -0.1) is 0 Å². The monoisotopic (exact) mass is 412 g/mol. The number of para-hydroxylation sites is 2. The summed E-state index contributed by atoms with van der Waals surface area (Å²) >= 11 is 7.33. The number of amides is 2. The van der Waals surface area contributed by atoms with Crippen LogP contribution in [0.15, 0.2) is 58.5 Å². The van der Waals surface area contributed by atoms with Crippen molar-refractivity contribution in [2.75, 3.05) is 5.32 Å². The fourth-order valence-corrected chi connectivity index (χ4v) is 4.06. The summed E-state index contributed by atoms with van der Waals surface area (Å²) in [5, 5.41) is 3.24. The van der Waals surface area contributed by atoms with E-state index in [2.05, 4.69) is 15.3 Å². The number of amidine groups is 2. The van der Waals surface area contributed by atoms with Crippen LogP contribution in [0, 0.1) is 0 Å². The zero-order valence-corrected chi connectivity index (χ0v) is 16.8. The first-order valence-corrected chi connectivity index (χ1v) is 10.0. The van der Waals surface area contributed by atoms with Crippen molar-refractivity contribution in [1.82, 2.24) is 4.90 Å². The highest BCUT2D eigenvalue weighted by Gasteiger charge is 2.40. The van der Waals surface area contributed by atoms with E-state index in [0.717, 1.165) is 11.3 Å². The van der Waals surface area contributed by atoms with E-state index in [1.165, 1.54) is 16.7 Å². The molecule has 4 rings (SSSR count). The Morgan fingerprint density at radius 3 is 2.71 bits per heavy atom. The Hall–Kier alpha value is -2.64. The smallest absolute Gasteiger partial charge is 0.258 e. The van der Waals surface area contributed by atoms with Crippen LogP contribution in [0.25, 0.3) is 0 Å². The van der Waals surface area contributed by atoms with Crippen LogP contribution in [0.2, 0.25) is 5.02 Å². The topological polar surface area (TPSA) is 74.1 Å². The van der Waals surface area contributed by atoms with Crippen molar-refractivity contribution in [3.63, 3.8) is 0 Å². The van der Waals surface area contributed by atoms with Crippen molar-refractivity contribution in [2.24, 2.45) is 9.98 Å². The maximum Gasteiger partial charge on any atom is 0.258 e. The molecule has 0 fully saturated rings. The molecule has 2 amide bonds. The summed E-state index contributed by atoms with van der Waals surface area (Å²) in [4.78, 5) is 35.9. The number of nitrogens with zero attached hydrogens (tertiary/aromatic N) is 3. The minimum Gasteiger partial charge on any atom is -0.324 e. The van der Waals surface area contributed by atoms with Crippen molar-refractivity contribution >= 4 is 57.6 Å². The van der Waals surface area contributed by atoms with Crippen LogP contribution in [-0.4, -0.2) is 39.0 Å². The van der Waals surface area contributed by atoms with E-state index in [4.69, 9.17) is 11.6 Å². The van der Waals surface area contributed by atoms with Crippen molar-refractivity contribution in [3.05, 3.63) is 59.1 Å². The van der Waals surface area contributed by atoms with Gasteiger partial charge in [-0.25, -0.2) is 9.89 Å². The van der Waals surface area contributed by atoms with Crippen molar-refractivity contribution < 1.29 is 9.59 Å². The van der Waals surface area contributed by atoms with Gasteiger partial charge in [-0.2, -0.15) is 0 Å². The lowest BCUT2D eigenvalue weighted by atomic mass is 10.1. The van der Waals surface area contributed by atoms with E-state index in [0.29, 0.717) is 21.7 Å². The molecule has 0 spiro atoms. The molecule has 0 saturated heterocycles. The van der Waals surface area contributed by atoms with Crippen LogP contribution in [0.3, 0.4) is 0 Å². The second-order valence-electron chi connectivity index (χ2n) is 6.44. The zero-order chi connectivity index (χ0) is 19.8. The van der Waals surface area contributed by atoms with E-state index < -0.39 is 11.3 Å². The lowest BCUT2D eigenvalue weighted by molar-refractivity contribution is -0.124. The van der Waals surface area contributed by atoms with E-state index in [-0.39, 0.29) is 11.8 Å². The minimum absolute atomic E-state index is 0.144. The second kappa shape index (κ2) is 7.41. The predicted octanol–water partition coefficient (Wildman–Crippen LogP) is 4.08. The average molecular weight is 413 g/mol. The van der Waals surface area contributed by atoms with Crippen LogP contribution in [0.4, 0.5) is 11.4 Å². The minimum atomic E-state index is -0.495. The Morgan fingerprint density at radius 2 is 1.93 bits per heavy atom. The molecule has 0 radical (unpaired) electrons. The Kier molecular flexibility index (Phi) is 4.95. The summed E-state index contributed by atoms with van der Waals surface area (Å²) < 4.78 is 0. The van der Waals surface area contributed by atoms with Gasteiger partial charge in [0.1, 0.15) is 11.9 Å². The number of thioether (sulfide) groups is 1.